The molecule has 0 atom stereocenters. The van der Waals surface area contributed by atoms with Crippen LogP contribution in [0.4, 0.5) is 0 Å². The predicted octanol–water partition coefficient (Wildman–Crippen LogP) is -0.338. The van der Waals surface area contributed by atoms with E-state index in [4.69, 9.17) is 0 Å². The minimum Gasteiger partial charge on any atom is -0.343 e. The molecule has 0 spiro atoms. The zero-order valence-corrected chi connectivity index (χ0v) is 13.6. The second-order valence-corrected chi connectivity index (χ2v) is 6.24. The van der Waals surface area contributed by atoms with E-state index in [1.165, 1.54) is 0 Å². The Hall–Kier alpha value is -3.10. The summed E-state index contributed by atoms with van der Waals surface area (Å²) < 4.78 is 0.479. The summed E-state index contributed by atoms with van der Waals surface area (Å²) in [7, 11) is 0. The summed E-state index contributed by atoms with van der Waals surface area (Å²) in [6, 6.07) is 7.06. The van der Waals surface area contributed by atoms with Gasteiger partial charge in [-0.2, -0.15) is 0 Å². The summed E-state index contributed by atoms with van der Waals surface area (Å²) in [6.07, 6.45) is 0. The Kier molecular flexibility index (Phi) is 4.72. The number of carbonyl (C=O) groups excluding carboxylic acids is 2. The molecular formula is C15H19N5O4. The fourth-order valence-electron chi connectivity index (χ4n) is 1.96. The molecule has 0 aliphatic heterocycles. The molecule has 0 saturated heterocycles. The van der Waals surface area contributed by atoms with Crippen molar-refractivity contribution in [2.45, 2.75) is 26.2 Å². The van der Waals surface area contributed by atoms with Crippen LogP contribution in [0.25, 0.3) is 0 Å². The monoisotopic (exact) mass is 333 g/mol. The van der Waals surface area contributed by atoms with Crippen molar-refractivity contribution in [3.05, 3.63) is 56.4 Å². The molecule has 2 aromatic rings. The average molecular weight is 333 g/mol. The van der Waals surface area contributed by atoms with Gasteiger partial charge in [0.15, 0.2) is 0 Å². The molecule has 1 aromatic carbocycles. The van der Waals surface area contributed by atoms with Crippen LogP contribution in [0.2, 0.25) is 0 Å². The van der Waals surface area contributed by atoms with Crippen LogP contribution in [0.15, 0.2) is 33.9 Å². The van der Waals surface area contributed by atoms with Gasteiger partial charge >= 0.3 is 11.4 Å². The van der Waals surface area contributed by atoms with Gasteiger partial charge in [0.25, 0.3) is 11.8 Å². The van der Waals surface area contributed by atoms with Crippen LogP contribution in [0.3, 0.4) is 0 Å². The van der Waals surface area contributed by atoms with Gasteiger partial charge in [-0.05, 0) is 23.1 Å². The minimum atomic E-state index is -0.808. The van der Waals surface area contributed by atoms with E-state index >= 15 is 0 Å². The molecule has 0 unspecified atom stereocenters. The fourth-order valence-corrected chi connectivity index (χ4v) is 1.96. The van der Waals surface area contributed by atoms with Gasteiger partial charge in [0, 0.05) is 5.56 Å². The molecule has 1 aromatic heterocycles. The molecule has 0 aliphatic carbocycles. The van der Waals surface area contributed by atoms with Gasteiger partial charge in [0.2, 0.25) is 0 Å². The highest BCUT2D eigenvalue weighted by Crippen LogP contribution is 2.22. The zero-order valence-electron chi connectivity index (χ0n) is 13.6. The van der Waals surface area contributed by atoms with Crippen LogP contribution in [-0.2, 0) is 10.2 Å². The second-order valence-electron chi connectivity index (χ2n) is 6.24. The number of H-pyrrole nitrogens is 2. The average Bonchev–Trinajstić information content (AvgIpc) is 2.84. The van der Waals surface area contributed by atoms with Crippen molar-refractivity contribution in [2.24, 2.45) is 0 Å². The summed E-state index contributed by atoms with van der Waals surface area (Å²) in [5.41, 5.74) is 1.93. The topological polar surface area (TPSA) is 129 Å². The number of rotatable bonds is 4. The number of hydrogen-bond donors (Lipinski definition) is 4. The van der Waals surface area contributed by atoms with E-state index in [0.717, 1.165) is 5.56 Å². The van der Waals surface area contributed by atoms with Crippen LogP contribution in [-0.4, -0.2) is 33.2 Å². The number of aromatic nitrogens is 3. The molecule has 0 saturated carbocycles. The van der Waals surface area contributed by atoms with E-state index in [2.05, 4.69) is 31.5 Å². The molecule has 2 rings (SSSR count). The summed E-state index contributed by atoms with van der Waals surface area (Å²) in [5.74, 6) is -1.14. The third-order valence-electron chi connectivity index (χ3n) is 3.34. The Balaban J connectivity index is 1.94. The van der Waals surface area contributed by atoms with Crippen molar-refractivity contribution in [1.29, 1.82) is 0 Å². The number of nitrogens with one attached hydrogen (secondary N) is 4. The highest BCUT2D eigenvalue weighted by molar-refractivity contribution is 5.97. The summed E-state index contributed by atoms with van der Waals surface area (Å²) in [6.45, 7) is 5.82. The first-order valence-electron chi connectivity index (χ1n) is 7.27. The first-order valence-corrected chi connectivity index (χ1v) is 7.27. The van der Waals surface area contributed by atoms with E-state index in [1.54, 1.807) is 12.1 Å². The minimum absolute atomic E-state index is 0.0221. The van der Waals surface area contributed by atoms with Crippen LogP contribution in [0, 0.1) is 0 Å². The number of benzene rings is 1. The van der Waals surface area contributed by atoms with E-state index in [-0.39, 0.29) is 12.0 Å². The SMILES string of the molecule is CC(C)(C)c1ccc(C(=O)NCC(=O)Nn2c(=O)[nH][nH]c2=O)cc1. The maximum atomic E-state index is 12.0. The molecule has 1 heterocycles. The number of aromatic amines is 2. The van der Waals surface area contributed by atoms with Gasteiger partial charge in [0.1, 0.15) is 0 Å². The zero-order chi connectivity index (χ0) is 17.9. The lowest BCUT2D eigenvalue weighted by molar-refractivity contribution is -0.116. The Labute approximate surface area is 137 Å². The molecule has 0 fully saturated rings. The molecule has 128 valence electrons. The summed E-state index contributed by atoms with van der Waals surface area (Å²) in [5, 5.41) is 6.46. The van der Waals surface area contributed by atoms with Gasteiger partial charge in [0.05, 0.1) is 6.54 Å². The van der Waals surface area contributed by atoms with E-state index in [9.17, 15) is 19.2 Å². The lowest BCUT2D eigenvalue weighted by Gasteiger charge is -2.19. The Morgan fingerprint density at radius 1 is 1.04 bits per heavy atom. The van der Waals surface area contributed by atoms with Crippen molar-refractivity contribution < 1.29 is 9.59 Å². The highest BCUT2D eigenvalue weighted by atomic mass is 16.2. The molecule has 9 nitrogen and oxygen atoms in total. The Bertz CT molecular complexity index is 824. The van der Waals surface area contributed by atoms with E-state index < -0.39 is 23.2 Å². The smallest absolute Gasteiger partial charge is 0.343 e. The largest absolute Gasteiger partial charge is 0.363 e. The molecule has 24 heavy (non-hydrogen) atoms. The number of hydrogen-bond acceptors (Lipinski definition) is 4. The van der Waals surface area contributed by atoms with E-state index in [0.29, 0.717) is 10.2 Å². The van der Waals surface area contributed by atoms with Gasteiger partial charge in [-0.1, -0.05) is 32.9 Å². The van der Waals surface area contributed by atoms with Crippen LogP contribution in [0.1, 0.15) is 36.7 Å². The summed E-state index contributed by atoms with van der Waals surface area (Å²) >= 11 is 0. The second kappa shape index (κ2) is 6.57. The highest BCUT2D eigenvalue weighted by Gasteiger charge is 2.15. The molecule has 4 N–H and O–H groups in total. The van der Waals surface area contributed by atoms with Crippen molar-refractivity contribution in [2.75, 3.05) is 12.0 Å². The van der Waals surface area contributed by atoms with Crippen molar-refractivity contribution in [3.63, 3.8) is 0 Å². The lowest BCUT2D eigenvalue weighted by Crippen LogP contribution is -2.43. The molecule has 0 radical (unpaired) electrons. The van der Waals surface area contributed by atoms with Crippen LogP contribution < -0.4 is 22.1 Å². The normalized spacial score (nSPS) is 11.1. The third-order valence-corrected chi connectivity index (χ3v) is 3.34. The van der Waals surface area contributed by atoms with Crippen molar-refractivity contribution in [3.8, 4) is 0 Å². The first kappa shape index (κ1) is 17.3. The maximum absolute atomic E-state index is 12.0. The van der Waals surface area contributed by atoms with Gasteiger partial charge in [-0.3, -0.25) is 15.0 Å². The standard InChI is InChI=1S/C15H19N5O4/c1-15(2,3)10-6-4-9(5-7-10)12(22)16-8-11(21)19-20-13(23)17-18-14(20)24/h4-7H,8H2,1-3H3,(H,16,22)(H,17,23)(H,18,24)(H,19,21). The summed E-state index contributed by atoms with van der Waals surface area (Å²) in [4.78, 5) is 46.1. The first-order chi connectivity index (χ1) is 11.2. The molecule has 0 bridgehead atoms. The fraction of sp³-hybridized carbons (Fsp3) is 0.333. The molecule has 0 aliphatic rings. The molecule has 9 heteroatoms. The number of amides is 2. The van der Waals surface area contributed by atoms with Crippen LogP contribution >= 0.6 is 0 Å². The quantitative estimate of drug-likeness (QED) is 0.610. The van der Waals surface area contributed by atoms with Gasteiger partial charge < -0.3 is 5.32 Å². The number of nitrogens with zero attached hydrogens (tertiary/aromatic N) is 1. The Morgan fingerprint density at radius 2 is 1.58 bits per heavy atom. The molecular weight excluding hydrogens is 314 g/mol. The predicted molar refractivity (Wildman–Crippen MR) is 87.5 cm³/mol. The number of carbonyl (C=O) groups is 2. The Morgan fingerprint density at radius 3 is 2.08 bits per heavy atom. The lowest BCUT2D eigenvalue weighted by atomic mass is 9.87. The van der Waals surface area contributed by atoms with Crippen LogP contribution in [0.5, 0.6) is 0 Å². The van der Waals surface area contributed by atoms with Crippen molar-refractivity contribution in [1.82, 2.24) is 20.2 Å². The third kappa shape index (κ3) is 4.00. The van der Waals surface area contributed by atoms with Crippen molar-refractivity contribution >= 4 is 11.8 Å². The maximum Gasteiger partial charge on any atom is 0.363 e. The van der Waals surface area contributed by atoms with Gasteiger partial charge in [-0.25, -0.2) is 19.8 Å². The molecule has 2 amide bonds. The van der Waals surface area contributed by atoms with Gasteiger partial charge in [-0.15, -0.1) is 4.68 Å². The van der Waals surface area contributed by atoms with E-state index in [1.807, 2.05) is 22.3 Å².